The van der Waals surface area contributed by atoms with E-state index in [4.69, 9.17) is 5.73 Å². The predicted octanol–water partition coefficient (Wildman–Crippen LogP) is 0.262. The van der Waals surface area contributed by atoms with E-state index in [9.17, 15) is 4.79 Å². The van der Waals surface area contributed by atoms with E-state index in [1.165, 1.54) is 0 Å². The number of benzene rings is 1. The average molecular weight is 311 g/mol. The molecule has 8 heteroatoms. The molecule has 0 aliphatic heterocycles. The van der Waals surface area contributed by atoms with Crippen LogP contribution in [0.3, 0.4) is 0 Å². The third-order valence-electron chi connectivity index (χ3n) is 2.97. The highest BCUT2D eigenvalue weighted by Gasteiger charge is 2.23. The number of amides is 1. The van der Waals surface area contributed by atoms with E-state index in [1.54, 1.807) is 11.6 Å². The van der Waals surface area contributed by atoms with Crippen LogP contribution in [-0.2, 0) is 11.2 Å². The maximum absolute atomic E-state index is 12.3. The Bertz CT molecular complexity index is 559. The number of rotatable bonds is 6. The largest absolute Gasteiger partial charge is 0.353 e. The first-order chi connectivity index (χ1) is 9.72. The van der Waals surface area contributed by atoms with Gasteiger partial charge in [0.1, 0.15) is 11.9 Å². The predicted molar refractivity (Wildman–Crippen MR) is 81.0 cm³/mol. The fourth-order valence-corrected chi connectivity index (χ4v) is 1.97. The summed E-state index contributed by atoms with van der Waals surface area (Å²) in [6.45, 7) is 2.61. The summed E-state index contributed by atoms with van der Waals surface area (Å²) in [5.41, 5.74) is 6.47. The monoisotopic (exact) mass is 310 g/mol. The number of aryl methyl sites for hydroxylation is 1. The van der Waals surface area contributed by atoms with Gasteiger partial charge in [0.05, 0.1) is 0 Å². The molecule has 7 nitrogen and oxygen atoms in total. The number of carbonyl (C=O) groups excluding carboxylic acids is 1. The van der Waals surface area contributed by atoms with Crippen molar-refractivity contribution in [3.8, 4) is 0 Å². The van der Waals surface area contributed by atoms with Gasteiger partial charge in [0.15, 0.2) is 0 Å². The summed E-state index contributed by atoms with van der Waals surface area (Å²) in [5.74, 6) is 0.475. The zero-order chi connectivity index (χ0) is 14.4. The Morgan fingerprint density at radius 1 is 1.38 bits per heavy atom. The SMILES string of the molecule is Cc1nnnn1C(Cc1ccccc1)C(=O)NCCN.Cl. The summed E-state index contributed by atoms with van der Waals surface area (Å²) in [7, 11) is 0. The molecule has 0 aliphatic carbocycles. The molecule has 2 aromatic rings. The summed E-state index contributed by atoms with van der Waals surface area (Å²) < 4.78 is 1.54. The number of tetrazole rings is 1. The van der Waals surface area contributed by atoms with Gasteiger partial charge in [-0.2, -0.15) is 0 Å². The van der Waals surface area contributed by atoms with E-state index in [-0.39, 0.29) is 18.3 Å². The number of hydrogen-bond donors (Lipinski definition) is 2. The van der Waals surface area contributed by atoms with Crippen molar-refractivity contribution in [1.82, 2.24) is 25.5 Å². The van der Waals surface area contributed by atoms with E-state index in [1.807, 2.05) is 30.3 Å². The van der Waals surface area contributed by atoms with Crippen LogP contribution in [0.15, 0.2) is 30.3 Å². The molecule has 1 aromatic carbocycles. The van der Waals surface area contributed by atoms with Crippen LogP contribution < -0.4 is 11.1 Å². The minimum Gasteiger partial charge on any atom is -0.353 e. The Morgan fingerprint density at radius 3 is 2.67 bits per heavy atom. The molecule has 1 heterocycles. The van der Waals surface area contributed by atoms with Crippen molar-refractivity contribution in [2.24, 2.45) is 5.73 Å². The lowest BCUT2D eigenvalue weighted by molar-refractivity contribution is -0.124. The second-order valence-corrected chi connectivity index (χ2v) is 4.46. The maximum Gasteiger partial charge on any atom is 0.245 e. The van der Waals surface area contributed by atoms with E-state index in [0.29, 0.717) is 25.3 Å². The molecule has 0 bridgehead atoms. The molecule has 0 aliphatic rings. The number of carbonyl (C=O) groups is 1. The molecule has 3 N–H and O–H groups in total. The Balaban J connectivity index is 0.00000220. The molecule has 21 heavy (non-hydrogen) atoms. The van der Waals surface area contributed by atoms with E-state index >= 15 is 0 Å². The molecule has 1 atom stereocenters. The first kappa shape index (κ1) is 17.1. The second-order valence-electron chi connectivity index (χ2n) is 4.46. The van der Waals surface area contributed by atoms with Crippen LogP contribution >= 0.6 is 12.4 Å². The lowest BCUT2D eigenvalue weighted by atomic mass is 10.1. The second kappa shape index (κ2) is 8.33. The lowest BCUT2D eigenvalue weighted by Gasteiger charge is -2.17. The smallest absolute Gasteiger partial charge is 0.245 e. The van der Waals surface area contributed by atoms with Crippen LogP contribution in [0.5, 0.6) is 0 Å². The first-order valence-corrected chi connectivity index (χ1v) is 6.48. The fraction of sp³-hybridized carbons (Fsp3) is 0.385. The van der Waals surface area contributed by atoms with Crippen molar-refractivity contribution in [3.05, 3.63) is 41.7 Å². The molecule has 0 saturated carbocycles. The number of aromatic nitrogens is 4. The highest BCUT2D eigenvalue weighted by molar-refractivity contribution is 5.85. The number of nitrogens with one attached hydrogen (secondary N) is 1. The van der Waals surface area contributed by atoms with Crippen molar-refractivity contribution in [2.75, 3.05) is 13.1 Å². The van der Waals surface area contributed by atoms with Crippen LogP contribution in [0.1, 0.15) is 17.4 Å². The van der Waals surface area contributed by atoms with Gasteiger partial charge in [0, 0.05) is 19.5 Å². The van der Waals surface area contributed by atoms with Crippen LogP contribution in [0.2, 0.25) is 0 Å². The molecular weight excluding hydrogens is 292 g/mol. The van der Waals surface area contributed by atoms with Gasteiger partial charge in [-0.3, -0.25) is 4.79 Å². The van der Waals surface area contributed by atoms with Gasteiger partial charge < -0.3 is 11.1 Å². The molecule has 1 unspecified atom stereocenters. The molecule has 0 radical (unpaired) electrons. The molecular formula is C13H19ClN6O. The standard InChI is InChI=1S/C13H18N6O.ClH/c1-10-16-17-18-19(10)12(13(20)15-8-7-14)9-11-5-3-2-4-6-11;/h2-6,12H,7-9,14H2,1H3,(H,15,20);1H. The highest BCUT2D eigenvalue weighted by atomic mass is 35.5. The van der Waals surface area contributed by atoms with E-state index < -0.39 is 6.04 Å². The Kier molecular flexibility index (Phi) is 6.77. The van der Waals surface area contributed by atoms with E-state index in [2.05, 4.69) is 20.8 Å². The normalized spacial score (nSPS) is 11.5. The topological polar surface area (TPSA) is 98.7 Å². The van der Waals surface area contributed by atoms with Crippen LogP contribution in [0, 0.1) is 6.92 Å². The maximum atomic E-state index is 12.3. The fourth-order valence-electron chi connectivity index (χ4n) is 1.97. The van der Waals surface area contributed by atoms with Crippen LogP contribution in [-0.4, -0.2) is 39.2 Å². The third kappa shape index (κ3) is 4.51. The van der Waals surface area contributed by atoms with Crippen molar-refractivity contribution in [1.29, 1.82) is 0 Å². The Hall–Kier alpha value is -1.99. The number of nitrogens with two attached hydrogens (primary N) is 1. The van der Waals surface area contributed by atoms with Crippen molar-refractivity contribution in [3.63, 3.8) is 0 Å². The summed E-state index contributed by atoms with van der Waals surface area (Å²) in [6, 6.07) is 9.30. The number of nitrogens with zero attached hydrogens (tertiary/aromatic N) is 4. The van der Waals surface area contributed by atoms with Gasteiger partial charge in [0.25, 0.3) is 0 Å². The number of hydrogen-bond acceptors (Lipinski definition) is 5. The zero-order valence-corrected chi connectivity index (χ0v) is 12.6. The van der Waals surface area contributed by atoms with Gasteiger partial charge in [-0.1, -0.05) is 30.3 Å². The third-order valence-corrected chi connectivity index (χ3v) is 2.97. The first-order valence-electron chi connectivity index (χ1n) is 6.48. The quantitative estimate of drug-likeness (QED) is 0.797. The van der Waals surface area contributed by atoms with Gasteiger partial charge in [0.2, 0.25) is 5.91 Å². The highest BCUT2D eigenvalue weighted by Crippen LogP contribution is 2.14. The van der Waals surface area contributed by atoms with Gasteiger partial charge in [-0.25, -0.2) is 4.68 Å². The Morgan fingerprint density at radius 2 is 2.10 bits per heavy atom. The molecule has 114 valence electrons. The minimum atomic E-state index is -0.473. The van der Waals surface area contributed by atoms with Gasteiger partial charge in [-0.05, 0) is 22.9 Å². The molecule has 0 spiro atoms. The molecule has 1 aromatic heterocycles. The van der Waals surface area contributed by atoms with Gasteiger partial charge >= 0.3 is 0 Å². The Labute approximate surface area is 129 Å². The summed E-state index contributed by atoms with van der Waals surface area (Å²) in [6.07, 6.45) is 0.531. The van der Waals surface area contributed by atoms with E-state index in [0.717, 1.165) is 5.56 Å². The van der Waals surface area contributed by atoms with Crippen LogP contribution in [0.25, 0.3) is 0 Å². The number of halogens is 1. The van der Waals surface area contributed by atoms with Crippen molar-refractivity contribution >= 4 is 18.3 Å². The minimum absolute atomic E-state index is 0. The summed E-state index contributed by atoms with van der Waals surface area (Å²) >= 11 is 0. The molecule has 2 rings (SSSR count). The molecule has 0 fully saturated rings. The van der Waals surface area contributed by atoms with Crippen molar-refractivity contribution in [2.45, 2.75) is 19.4 Å². The lowest BCUT2D eigenvalue weighted by Crippen LogP contribution is -2.37. The zero-order valence-electron chi connectivity index (χ0n) is 11.8. The molecule has 0 saturated heterocycles. The van der Waals surface area contributed by atoms with Gasteiger partial charge in [-0.15, -0.1) is 17.5 Å². The summed E-state index contributed by atoms with van der Waals surface area (Å²) in [4.78, 5) is 12.3. The van der Waals surface area contributed by atoms with Crippen molar-refractivity contribution < 1.29 is 4.79 Å². The summed E-state index contributed by atoms with van der Waals surface area (Å²) in [5, 5.41) is 14.1. The molecule has 1 amide bonds. The average Bonchev–Trinajstić information content (AvgIpc) is 2.89. The van der Waals surface area contributed by atoms with Crippen LogP contribution in [0.4, 0.5) is 0 Å².